The van der Waals surface area contributed by atoms with Gasteiger partial charge in [0.15, 0.2) is 5.69 Å². The second-order valence-electron chi connectivity index (χ2n) is 4.35. The van der Waals surface area contributed by atoms with Crippen LogP contribution >= 0.6 is 0 Å². The Morgan fingerprint density at radius 2 is 2.44 bits per heavy atom. The van der Waals surface area contributed by atoms with E-state index >= 15 is 0 Å². The zero-order valence-electron chi connectivity index (χ0n) is 9.65. The lowest BCUT2D eigenvalue weighted by molar-refractivity contribution is 0.0754. The molecular formula is C11H18N4O. The Labute approximate surface area is 95.2 Å². The number of H-pyrrole nitrogens is 1. The lowest BCUT2D eigenvalue weighted by Crippen LogP contribution is -2.32. The third-order valence-corrected chi connectivity index (χ3v) is 3.35. The van der Waals surface area contributed by atoms with Gasteiger partial charge >= 0.3 is 0 Å². The number of hydrogen-bond donors (Lipinski definition) is 1. The van der Waals surface area contributed by atoms with Gasteiger partial charge in [-0.25, -0.2) is 0 Å². The van der Waals surface area contributed by atoms with Gasteiger partial charge in [0.25, 0.3) is 5.91 Å². The van der Waals surface area contributed by atoms with Crippen LogP contribution in [0, 0.1) is 5.92 Å². The average Bonchev–Trinajstić information content (AvgIpc) is 2.73. The Bertz CT molecular complexity index is 336. The molecule has 0 saturated carbocycles. The van der Waals surface area contributed by atoms with Crippen molar-refractivity contribution in [2.75, 3.05) is 13.1 Å². The topological polar surface area (TPSA) is 61.9 Å². The lowest BCUT2D eigenvalue weighted by atomic mass is 9.98. The molecule has 2 rings (SSSR count). The van der Waals surface area contributed by atoms with E-state index in [1.54, 1.807) is 0 Å². The number of rotatable bonds is 2. The van der Waals surface area contributed by atoms with Gasteiger partial charge in [0.05, 0.1) is 6.20 Å². The second kappa shape index (κ2) is 5.09. The molecule has 1 amide bonds. The first-order valence-corrected chi connectivity index (χ1v) is 5.96. The molecule has 0 spiro atoms. The van der Waals surface area contributed by atoms with Crippen LogP contribution in [0.5, 0.6) is 0 Å². The highest BCUT2D eigenvalue weighted by Crippen LogP contribution is 2.20. The van der Waals surface area contributed by atoms with Gasteiger partial charge in [-0.2, -0.15) is 15.4 Å². The van der Waals surface area contributed by atoms with Gasteiger partial charge in [-0.15, -0.1) is 0 Å². The minimum atomic E-state index is 0.00510. The van der Waals surface area contributed by atoms with Crippen LogP contribution in [0.3, 0.4) is 0 Å². The predicted octanol–water partition coefficient (Wildman–Crippen LogP) is 1.46. The SMILES string of the molecule is CCC1CCCN(C(=O)c2cn[nH]n2)CC1. The molecule has 5 heteroatoms. The van der Waals surface area contributed by atoms with Crippen molar-refractivity contribution >= 4 is 5.91 Å². The fraction of sp³-hybridized carbons (Fsp3) is 0.727. The predicted molar refractivity (Wildman–Crippen MR) is 59.9 cm³/mol. The summed E-state index contributed by atoms with van der Waals surface area (Å²) in [5, 5.41) is 9.98. The molecule has 1 unspecified atom stereocenters. The van der Waals surface area contributed by atoms with Gasteiger partial charge in [-0.1, -0.05) is 13.3 Å². The molecule has 1 aromatic rings. The van der Waals surface area contributed by atoms with E-state index in [1.807, 2.05) is 4.90 Å². The first-order chi connectivity index (χ1) is 7.81. The van der Waals surface area contributed by atoms with E-state index in [2.05, 4.69) is 22.3 Å². The second-order valence-corrected chi connectivity index (χ2v) is 4.35. The third-order valence-electron chi connectivity index (χ3n) is 3.35. The molecule has 0 bridgehead atoms. The average molecular weight is 222 g/mol. The van der Waals surface area contributed by atoms with E-state index in [-0.39, 0.29) is 5.91 Å². The highest BCUT2D eigenvalue weighted by Gasteiger charge is 2.22. The molecule has 1 fully saturated rings. The standard InChI is InChI=1S/C11H18N4O/c1-2-9-4-3-6-15(7-5-9)11(16)10-8-12-14-13-10/h8-9H,2-7H2,1H3,(H,12,13,14). The van der Waals surface area contributed by atoms with E-state index in [4.69, 9.17) is 0 Å². The Hall–Kier alpha value is -1.39. The van der Waals surface area contributed by atoms with Crippen LogP contribution in [0.15, 0.2) is 6.20 Å². The molecule has 1 atom stereocenters. The molecule has 2 heterocycles. The number of carbonyl (C=O) groups is 1. The molecular weight excluding hydrogens is 204 g/mol. The Kier molecular flexibility index (Phi) is 3.54. The van der Waals surface area contributed by atoms with Crippen LogP contribution in [0.1, 0.15) is 43.1 Å². The maximum Gasteiger partial charge on any atom is 0.276 e. The molecule has 88 valence electrons. The quantitative estimate of drug-likeness (QED) is 0.824. The van der Waals surface area contributed by atoms with Crippen LogP contribution in [0.4, 0.5) is 0 Å². The van der Waals surface area contributed by atoms with Gasteiger partial charge < -0.3 is 4.90 Å². The third kappa shape index (κ3) is 2.40. The van der Waals surface area contributed by atoms with Crippen molar-refractivity contribution in [1.29, 1.82) is 0 Å². The van der Waals surface area contributed by atoms with Crippen LogP contribution in [0.2, 0.25) is 0 Å². The maximum atomic E-state index is 12.0. The minimum Gasteiger partial charge on any atom is -0.337 e. The van der Waals surface area contributed by atoms with Crippen molar-refractivity contribution in [3.05, 3.63) is 11.9 Å². The number of nitrogens with zero attached hydrogens (tertiary/aromatic N) is 3. The highest BCUT2D eigenvalue weighted by molar-refractivity contribution is 5.91. The number of hydrogen-bond acceptors (Lipinski definition) is 3. The van der Waals surface area contributed by atoms with Crippen LogP contribution in [-0.4, -0.2) is 39.3 Å². The molecule has 1 N–H and O–H groups in total. The largest absolute Gasteiger partial charge is 0.337 e. The summed E-state index contributed by atoms with van der Waals surface area (Å²) in [7, 11) is 0. The molecule has 1 aliphatic rings. The Morgan fingerprint density at radius 1 is 1.56 bits per heavy atom. The number of aromatic nitrogens is 3. The first-order valence-electron chi connectivity index (χ1n) is 5.96. The minimum absolute atomic E-state index is 0.00510. The zero-order chi connectivity index (χ0) is 11.4. The fourth-order valence-corrected chi connectivity index (χ4v) is 2.24. The summed E-state index contributed by atoms with van der Waals surface area (Å²) in [6, 6.07) is 0. The lowest BCUT2D eigenvalue weighted by Gasteiger charge is -2.18. The maximum absolute atomic E-state index is 12.0. The number of aromatic amines is 1. The van der Waals surface area contributed by atoms with Crippen LogP contribution in [0.25, 0.3) is 0 Å². The van der Waals surface area contributed by atoms with E-state index in [9.17, 15) is 4.79 Å². The van der Waals surface area contributed by atoms with Crippen molar-refractivity contribution in [3.63, 3.8) is 0 Å². The van der Waals surface area contributed by atoms with Crippen LogP contribution < -0.4 is 0 Å². The number of nitrogens with one attached hydrogen (secondary N) is 1. The Morgan fingerprint density at radius 3 is 3.12 bits per heavy atom. The van der Waals surface area contributed by atoms with E-state index in [0.717, 1.165) is 31.8 Å². The van der Waals surface area contributed by atoms with Crippen molar-refractivity contribution in [2.45, 2.75) is 32.6 Å². The molecule has 5 nitrogen and oxygen atoms in total. The molecule has 1 aliphatic heterocycles. The van der Waals surface area contributed by atoms with Crippen molar-refractivity contribution in [1.82, 2.24) is 20.3 Å². The summed E-state index contributed by atoms with van der Waals surface area (Å²) in [5.41, 5.74) is 0.426. The summed E-state index contributed by atoms with van der Waals surface area (Å²) in [4.78, 5) is 13.9. The first kappa shape index (κ1) is 11.1. The molecule has 0 radical (unpaired) electrons. The van der Waals surface area contributed by atoms with Crippen molar-refractivity contribution in [2.24, 2.45) is 5.92 Å². The van der Waals surface area contributed by atoms with Gasteiger partial charge in [-0.05, 0) is 25.2 Å². The molecule has 1 saturated heterocycles. The van der Waals surface area contributed by atoms with Crippen molar-refractivity contribution < 1.29 is 4.79 Å². The normalized spacial score (nSPS) is 21.8. The summed E-state index contributed by atoms with van der Waals surface area (Å²) >= 11 is 0. The summed E-state index contributed by atoms with van der Waals surface area (Å²) in [6.07, 6.45) is 6.15. The van der Waals surface area contributed by atoms with Crippen molar-refractivity contribution in [3.8, 4) is 0 Å². The van der Waals surface area contributed by atoms with Gasteiger partial charge in [0.2, 0.25) is 0 Å². The Balaban J connectivity index is 1.97. The van der Waals surface area contributed by atoms with E-state index in [1.165, 1.54) is 19.0 Å². The molecule has 16 heavy (non-hydrogen) atoms. The number of amides is 1. The van der Waals surface area contributed by atoms with Gasteiger partial charge in [-0.3, -0.25) is 4.79 Å². The van der Waals surface area contributed by atoms with E-state index in [0.29, 0.717) is 5.69 Å². The number of carbonyl (C=O) groups excluding carboxylic acids is 1. The summed E-state index contributed by atoms with van der Waals surface area (Å²) < 4.78 is 0. The van der Waals surface area contributed by atoms with Gasteiger partial charge in [0, 0.05) is 13.1 Å². The molecule has 1 aromatic heterocycles. The number of likely N-dealkylation sites (tertiary alicyclic amines) is 1. The van der Waals surface area contributed by atoms with E-state index < -0.39 is 0 Å². The summed E-state index contributed by atoms with van der Waals surface area (Å²) in [6.45, 7) is 3.92. The summed E-state index contributed by atoms with van der Waals surface area (Å²) in [5.74, 6) is 0.778. The zero-order valence-corrected chi connectivity index (χ0v) is 9.65. The van der Waals surface area contributed by atoms with Crippen LogP contribution in [-0.2, 0) is 0 Å². The van der Waals surface area contributed by atoms with Gasteiger partial charge in [0.1, 0.15) is 0 Å². The molecule has 0 aromatic carbocycles. The highest BCUT2D eigenvalue weighted by atomic mass is 16.2. The monoisotopic (exact) mass is 222 g/mol. The smallest absolute Gasteiger partial charge is 0.276 e. The molecule has 0 aliphatic carbocycles. The fourth-order valence-electron chi connectivity index (χ4n) is 2.24.